The van der Waals surface area contributed by atoms with E-state index in [9.17, 15) is 14.7 Å². The Labute approximate surface area is 251 Å². The first-order chi connectivity index (χ1) is 20.6. The summed E-state index contributed by atoms with van der Waals surface area (Å²) in [5.74, 6) is -0.718. The number of carbonyl (C=O) groups excluding carboxylic acids is 1. The number of pyridine rings is 2. The van der Waals surface area contributed by atoms with Crippen molar-refractivity contribution in [2.75, 3.05) is 0 Å². The van der Waals surface area contributed by atoms with Gasteiger partial charge in [-0.05, 0) is 39.2 Å². The molecule has 0 spiro atoms. The van der Waals surface area contributed by atoms with Crippen LogP contribution in [0.15, 0.2) is 95.8 Å². The second-order valence-electron chi connectivity index (χ2n) is 12.7. The number of carbonyl (C=O) groups is 1. The molecule has 4 heterocycles. The summed E-state index contributed by atoms with van der Waals surface area (Å²) in [6.07, 6.45) is 0.104. The molecule has 2 aliphatic rings. The van der Waals surface area contributed by atoms with Gasteiger partial charge in [-0.3, -0.25) is 4.79 Å². The number of aliphatic hydroxyl groups is 1. The maximum Gasteiger partial charge on any atom is 0.343 e. The number of benzene rings is 3. The van der Waals surface area contributed by atoms with E-state index in [-0.39, 0.29) is 23.6 Å². The molecule has 0 unspecified atom stereocenters. The van der Waals surface area contributed by atoms with Crippen LogP contribution < -0.4 is 21.1 Å². The van der Waals surface area contributed by atoms with E-state index < -0.39 is 19.6 Å². The summed E-state index contributed by atoms with van der Waals surface area (Å²) in [5.41, 5.74) is 1.79. The average Bonchev–Trinajstić information content (AvgIpc) is 3.38. The summed E-state index contributed by atoms with van der Waals surface area (Å²) in [6, 6.07) is 31.7. The first-order valence-corrected chi connectivity index (χ1v) is 16.8. The highest BCUT2D eigenvalue weighted by Crippen LogP contribution is 2.42. The molecule has 3 aromatic carbocycles. The van der Waals surface area contributed by atoms with Gasteiger partial charge in [0.1, 0.15) is 6.61 Å². The molecule has 0 aliphatic carbocycles. The zero-order valence-electron chi connectivity index (χ0n) is 24.8. The van der Waals surface area contributed by atoms with Crippen LogP contribution in [0.3, 0.4) is 0 Å². The number of ether oxygens (including phenoxy) is 1. The van der Waals surface area contributed by atoms with E-state index in [0.29, 0.717) is 23.4 Å². The van der Waals surface area contributed by atoms with E-state index in [1.165, 1.54) is 15.6 Å². The average molecular weight is 587 g/mol. The number of fused-ring (bicyclic) bond motifs is 5. The summed E-state index contributed by atoms with van der Waals surface area (Å²) in [7, 11) is -2.86. The van der Waals surface area contributed by atoms with E-state index in [2.05, 4.69) is 93.6 Å². The monoisotopic (exact) mass is 586 g/mol. The van der Waals surface area contributed by atoms with Crippen molar-refractivity contribution in [1.82, 2.24) is 9.55 Å². The topological polar surface area (TPSA) is 81.4 Å². The van der Waals surface area contributed by atoms with E-state index in [1.54, 1.807) is 11.5 Å². The van der Waals surface area contributed by atoms with Gasteiger partial charge in [-0.1, -0.05) is 107 Å². The zero-order chi connectivity index (χ0) is 30.1. The van der Waals surface area contributed by atoms with Crippen LogP contribution in [0.1, 0.15) is 50.8 Å². The molecule has 7 rings (SSSR count). The van der Waals surface area contributed by atoms with Crippen LogP contribution >= 0.6 is 0 Å². The highest BCUT2D eigenvalue weighted by molar-refractivity contribution is 7.14. The smallest absolute Gasteiger partial charge is 0.343 e. The number of cyclic esters (lactones) is 1. The number of aromatic nitrogens is 2. The Balaban J connectivity index is 1.65. The molecule has 2 aromatic heterocycles. The molecule has 6 nitrogen and oxygen atoms in total. The Morgan fingerprint density at radius 1 is 0.907 bits per heavy atom. The predicted octanol–water partition coefficient (Wildman–Crippen LogP) is 4.35. The fraction of sp³-hybridized carbons (Fsp3) is 0.250. The van der Waals surface area contributed by atoms with Gasteiger partial charge in [-0.2, -0.15) is 0 Å². The molecule has 0 saturated carbocycles. The van der Waals surface area contributed by atoms with E-state index in [0.717, 1.165) is 22.2 Å². The van der Waals surface area contributed by atoms with Crippen LogP contribution in [0.25, 0.3) is 22.3 Å². The Morgan fingerprint density at radius 3 is 2.12 bits per heavy atom. The van der Waals surface area contributed by atoms with Crippen molar-refractivity contribution >= 4 is 40.5 Å². The highest BCUT2D eigenvalue weighted by Gasteiger charge is 2.52. The number of hydrogen-bond donors (Lipinski definition) is 1. The maximum atomic E-state index is 14.1. The fourth-order valence-electron chi connectivity index (χ4n) is 7.53. The van der Waals surface area contributed by atoms with E-state index in [4.69, 9.17) is 9.72 Å². The van der Waals surface area contributed by atoms with Crippen molar-refractivity contribution in [2.45, 2.75) is 57.9 Å². The minimum absolute atomic E-state index is 0.104. The molecule has 0 bridgehead atoms. The summed E-state index contributed by atoms with van der Waals surface area (Å²) < 4.78 is 7.07. The molecule has 7 heteroatoms. The van der Waals surface area contributed by atoms with Crippen molar-refractivity contribution < 1.29 is 14.6 Å². The summed E-state index contributed by atoms with van der Waals surface area (Å²) >= 11 is 0. The second kappa shape index (κ2) is 9.59. The molecular weight excluding hydrogens is 552 g/mol. The lowest BCUT2D eigenvalue weighted by atomic mass is 9.86. The van der Waals surface area contributed by atoms with Crippen molar-refractivity contribution in [3.8, 4) is 11.4 Å². The van der Waals surface area contributed by atoms with Crippen molar-refractivity contribution in [3.63, 3.8) is 0 Å². The zero-order valence-corrected chi connectivity index (χ0v) is 25.8. The normalized spacial score (nSPS) is 17.7. The number of hydrogen-bond acceptors (Lipinski definition) is 5. The molecule has 2 aliphatic heterocycles. The van der Waals surface area contributed by atoms with Gasteiger partial charge in [0.15, 0.2) is 13.7 Å². The van der Waals surface area contributed by atoms with Crippen molar-refractivity contribution in [1.29, 1.82) is 0 Å². The fourth-order valence-corrected chi connectivity index (χ4v) is 13.6. The standard InChI is InChI=1S/C36H34N2O4Si/c1-5-36(41)28-20-30-31-26(21-38(30)33(39)27(28)22-42-34(36)40)32(25-18-12-13-19-29(25)37-31)43(35(2,3)4,23-14-8-6-9-15-23)24-16-10-7-11-17-24/h6-20,41H,5,21-22H2,1-4H3/t36-/m1/s1. The van der Waals surface area contributed by atoms with Gasteiger partial charge in [0.05, 0.1) is 29.0 Å². The van der Waals surface area contributed by atoms with Gasteiger partial charge in [-0.15, -0.1) is 0 Å². The molecule has 43 heavy (non-hydrogen) atoms. The number of esters is 1. The van der Waals surface area contributed by atoms with Crippen molar-refractivity contribution in [2.24, 2.45) is 0 Å². The molecular formula is C36H34N2O4Si. The van der Waals surface area contributed by atoms with Crippen LogP contribution in [-0.2, 0) is 28.3 Å². The van der Waals surface area contributed by atoms with Crippen LogP contribution in [-0.4, -0.2) is 28.7 Å². The minimum Gasteiger partial charge on any atom is -0.458 e. The Morgan fingerprint density at radius 2 is 1.51 bits per heavy atom. The first kappa shape index (κ1) is 27.5. The molecule has 1 N–H and O–H groups in total. The van der Waals surface area contributed by atoms with Crippen LogP contribution in [0, 0.1) is 0 Å². The second-order valence-corrected chi connectivity index (χ2v) is 17.3. The van der Waals surface area contributed by atoms with Crippen LogP contribution in [0.5, 0.6) is 0 Å². The number of para-hydroxylation sites is 1. The lowest BCUT2D eigenvalue weighted by molar-refractivity contribution is -0.172. The van der Waals surface area contributed by atoms with Crippen molar-refractivity contribution in [3.05, 3.63) is 118 Å². The molecule has 0 amide bonds. The van der Waals surface area contributed by atoms with Crippen LogP contribution in [0.2, 0.25) is 5.04 Å². The lowest BCUT2D eigenvalue weighted by Gasteiger charge is -2.46. The molecule has 216 valence electrons. The maximum absolute atomic E-state index is 14.1. The number of rotatable bonds is 4. The SMILES string of the molecule is CC[C@]1(O)C(=O)OCc2c1cc1n(c2=O)Cc2c-1nc1ccccc1c2[Si](c1ccccc1)(c1ccccc1)C(C)(C)C. The van der Waals surface area contributed by atoms with Crippen LogP contribution in [0.4, 0.5) is 0 Å². The Kier molecular flexibility index (Phi) is 6.13. The summed E-state index contributed by atoms with van der Waals surface area (Å²) in [4.78, 5) is 32.1. The quantitative estimate of drug-likeness (QED) is 0.245. The molecule has 5 aromatic rings. The summed E-state index contributed by atoms with van der Waals surface area (Å²) in [6.45, 7) is 8.92. The predicted molar refractivity (Wildman–Crippen MR) is 172 cm³/mol. The molecule has 0 saturated heterocycles. The van der Waals surface area contributed by atoms with Gasteiger partial charge in [0.25, 0.3) is 5.56 Å². The summed E-state index contributed by atoms with van der Waals surface area (Å²) in [5, 5.41) is 16.2. The third-order valence-electron chi connectivity index (χ3n) is 9.51. The van der Waals surface area contributed by atoms with Gasteiger partial charge in [-0.25, -0.2) is 9.78 Å². The first-order valence-electron chi connectivity index (χ1n) is 14.8. The van der Waals surface area contributed by atoms with E-state index in [1.807, 2.05) is 18.2 Å². The molecule has 1 atom stereocenters. The van der Waals surface area contributed by atoms with Gasteiger partial charge in [0.2, 0.25) is 0 Å². The third kappa shape index (κ3) is 3.71. The molecule has 0 fully saturated rings. The van der Waals surface area contributed by atoms with Gasteiger partial charge in [0, 0.05) is 16.5 Å². The highest BCUT2D eigenvalue weighted by atomic mass is 28.3. The lowest BCUT2D eigenvalue weighted by Crippen LogP contribution is -2.73. The minimum atomic E-state index is -2.86. The Hall–Kier alpha value is -4.33. The largest absolute Gasteiger partial charge is 0.458 e. The number of nitrogens with zero attached hydrogens (tertiary/aromatic N) is 2. The van der Waals surface area contributed by atoms with Gasteiger partial charge < -0.3 is 14.4 Å². The van der Waals surface area contributed by atoms with E-state index >= 15 is 0 Å². The molecule has 0 radical (unpaired) electrons. The van der Waals surface area contributed by atoms with Gasteiger partial charge >= 0.3 is 5.97 Å². The Bertz CT molecular complexity index is 1940. The third-order valence-corrected chi connectivity index (χ3v) is 15.5.